The Morgan fingerprint density at radius 1 is 1.65 bits per heavy atom. The SMILES string of the molecule is CCCC(C)(O)CNC(=O)CC1CNCCO1. The van der Waals surface area contributed by atoms with Crippen molar-refractivity contribution in [3.8, 4) is 0 Å². The van der Waals surface area contributed by atoms with Crippen LogP contribution in [0.4, 0.5) is 0 Å². The summed E-state index contributed by atoms with van der Waals surface area (Å²) in [5, 5.41) is 15.8. The van der Waals surface area contributed by atoms with Gasteiger partial charge in [0.1, 0.15) is 0 Å². The van der Waals surface area contributed by atoms with Gasteiger partial charge < -0.3 is 20.5 Å². The fourth-order valence-corrected chi connectivity index (χ4v) is 1.95. The van der Waals surface area contributed by atoms with Gasteiger partial charge in [-0.15, -0.1) is 0 Å². The second kappa shape index (κ2) is 6.93. The van der Waals surface area contributed by atoms with Gasteiger partial charge in [-0.1, -0.05) is 13.3 Å². The number of aliphatic hydroxyl groups is 1. The van der Waals surface area contributed by atoms with Crippen molar-refractivity contribution in [2.45, 2.75) is 44.8 Å². The standard InChI is InChI=1S/C12H24N2O3/c1-3-4-12(2,16)9-14-11(15)7-10-8-13-5-6-17-10/h10,13,16H,3-9H2,1-2H3,(H,14,15). The summed E-state index contributed by atoms with van der Waals surface area (Å²) in [6.45, 7) is 6.29. The third kappa shape index (κ3) is 6.00. The first-order valence-electron chi connectivity index (χ1n) is 6.35. The monoisotopic (exact) mass is 244 g/mol. The molecule has 1 aliphatic rings. The summed E-state index contributed by atoms with van der Waals surface area (Å²) in [6, 6.07) is 0. The molecule has 2 atom stereocenters. The highest BCUT2D eigenvalue weighted by Crippen LogP contribution is 2.10. The average Bonchev–Trinajstić information content (AvgIpc) is 2.28. The zero-order valence-electron chi connectivity index (χ0n) is 10.8. The van der Waals surface area contributed by atoms with E-state index in [4.69, 9.17) is 4.74 Å². The predicted octanol–water partition coefficient (Wildman–Crippen LogP) is 0.0322. The van der Waals surface area contributed by atoms with Crippen molar-refractivity contribution < 1.29 is 14.6 Å². The molecular formula is C12H24N2O3. The lowest BCUT2D eigenvalue weighted by Crippen LogP contribution is -2.44. The highest BCUT2D eigenvalue weighted by molar-refractivity contribution is 5.76. The second-order valence-corrected chi connectivity index (χ2v) is 4.92. The molecule has 0 aliphatic carbocycles. The molecule has 0 bridgehead atoms. The van der Waals surface area contributed by atoms with Gasteiger partial charge >= 0.3 is 0 Å². The van der Waals surface area contributed by atoms with Crippen LogP contribution in [-0.4, -0.2) is 49.0 Å². The number of carbonyl (C=O) groups excluding carboxylic acids is 1. The molecule has 100 valence electrons. The zero-order chi connectivity index (χ0) is 12.7. The Kier molecular flexibility index (Phi) is 5.88. The molecule has 0 aromatic heterocycles. The molecule has 0 aromatic carbocycles. The van der Waals surface area contributed by atoms with Crippen molar-refractivity contribution in [2.75, 3.05) is 26.2 Å². The fourth-order valence-electron chi connectivity index (χ4n) is 1.95. The summed E-state index contributed by atoms with van der Waals surface area (Å²) in [4.78, 5) is 11.6. The van der Waals surface area contributed by atoms with Gasteiger partial charge in [0.2, 0.25) is 5.91 Å². The van der Waals surface area contributed by atoms with Crippen molar-refractivity contribution in [3.63, 3.8) is 0 Å². The summed E-state index contributed by atoms with van der Waals surface area (Å²) in [6.07, 6.45) is 1.91. The number of carbonyl (C=O) groups is 1. The average molecular weight is 244 g/mol. The van der Waals surface area contributed by atoms with E-state index < -0.39 is 5.60 Å². The lowest BCUT2D eigenvalue weighted by atomic mass is 10.0. The highest BCUT2D eigenvalue weighted by atomic mass is 16.5. The molecule has 0 aromatic rings. The molecule has 5 nitrogen and oxygen atoms in total. The Hall–Kier alpha value is -0.650. The number of nitrogens with one attached hydrogen (secondary N) is 2. The summed E-state index contributed by atoms with van der Waals surface area (Å²) >= 11 is 0. The predicted molar refractivity (Wildman–Crippen MR) is 65.8 cm³/mol. The van der Waals surface area contributed by atoms with Crippen molar-refractivity contribution in [1.82, 2.24) is 10.6 Å². The van der Waals surface area contributed by atoms with Crippen LogP contribution < -0.4 is 10.6 Å². The van der Waals surface area contributed by atoms with Crippen LogP contribution in [0.3, 0.4) is 0 Å². The number of amides is 1. The van der Waals surface area contributed by atoms with Crippen LogP contribution in [0.15, 0.2) is 0 Å². The molecule has 1 rings (SSSR count). The van der Waals surface area contributed by atoms with E-state index in [9.17, 15) is 9.90 Å². The van der Waals surface area contributed by atoms with Gasteiger partial charge in [-0.2, -0.15) is 0 Å². The minimum absolute atomic E-state index is 0.0418. The number of hydrogen-bond acceptors (Lipinski definition) is 4. The molecule has 0 saturated carbocycles. The van der Waals surface area contributed by atoms with E-state index in [-0.39, 0.29) is 12.0 Å². The first-order chi connectivity index (χ1) is 8.03. The van der Waals surface area contributed by atoms with E-state index in [1.165, 1.54) is 0 Å². The molecule has 0 spiro atoms. The van der Waals surface area contributed by atoms with Gasteiger partial charge in [0.15, 0.2) is 0 Å². The number of ether oxygens (including phenoxy) is 1. The summed E-state index contributed by atoms with van der Waals surface area (Å²) in [7, 11) is 0. The third-order valence-electron chi connectivity index (χ3n) is 2.87. The van der Waals surface area contributed by atoms with Crippen LogP contribution >= 0.6 is 0 Å². The van der Waals surface area contributed by atoms with Crippen LogP contribution in [0.5, 0.6) is 0 Å². The molecule has 1 fully saturated rings. The number of morpholine rings is 1. The maximum absolute atomic E-state index is 11.6. The smallest absolute Gasteiger partial charge is 0.222 e. The normalized spacial score (nSPS) is 24.1. The Morgan fingerprint density at radius 3 is 3.00 bits per heavy atom. The maximum Gasteiger partial charge on any atom is 0.222 e. The molecule has 5 heteroatoms. The lowest BCUT2D eigenvalue weighted by molar-refractivity contribution is -0.125. The molecule has 2 unspecified atom stereocenters. The molecule has 1 aliphatic heterocycles. The van der Waals surface area contributed by atoms with Gasteiger partial charge in [0, 0.05) is 19.6 Å². The minimum Gasteiger partial charge on any atom is -0.388 e. The Morgan fingerprint density at radius 2 is 2.41 bits per heavy atom. The van der Waals surface area contributed by atoms with Crippen molar-refractivity contribution in [2.24, 2.45) is 0 Å². The van der Waals surface area contributed by atoms with Crippen LogP contribution in [-0.2, 0) is 9.53 Å². The number of hydrogen-bond donors (Lipinski definition) is 3. The Balaban J connectivity index is 2.20. The highest BCUT2D eigenvalue weighted by Gasteiger charge is 2.22. The first kappa shape index (κ1) is 14.4. The van der Waals surface area contributed by atoms with Crippen molar-refractivity contribution in [3.05, 3.63) is 0 Å². The van der Waals surface area contributed by atoms with E-state index in [0.29, 0.717) is 26.0 Å². The first-order valence-corrected chi connectivity index (χ1v) is 6.35. The molecule has 3 N–H and O–H groups in total. The largest absolute Gasteiger partial charge is 0.388 e. The summed E-state index contributed by atoms with van der Waals surface area (Å²) in [5.41, 5.74) is -0.809. The fraction of sp³-hybridized carbons (Fsp3) is 0.917. The molecule has 1 saturated heterocycles. The van der Waals surface area contributed by atoms with E-state index >= 15 is 0 Å². The van der Waals surface area contributed by atoms with E-state index in [1.54, 1.807) is 6.92 Å². The number of rotatable bonds is 6. The third-order valence-corrected chi connectivity index (χ3v) is 2.87. The van der Waals surface area contributed by atoms with Crippen LogP contribution in [0.1, 0.15) is 33.1 Å². The molecule has 1 amide bonds. The van der Waals surface area contributed by atoms with Crippen molar-refractivity contribution >= 4 is 5.91 Å². The molecule has 1 heterocycles. The van der Waals surface area contributed by atoms with Gasteiger partial charge in [-0.25, -0.2) is 0 Å². The molecule has 17 heavy (non-hydrogen) atoms. The minimum atomic E-state index is -0.809. The van der Waals surface area contributed by atoms with Crippen LogP contribution in [0.25, 0.3) is 0 Å². The molecular weight excluding hydrogens is 220 g/mol. The Bertz CT molecular complexity index is 238. The topological polar surface area (TPSA) is 70.6 Å². The van der Waals surface area contributed by atoms with Gasteiger partial charge in [0.25, 0.3) is 0 Å². The van der Waals surface area contributed by atoms with Gasteiger partial charge in [0.05, 0.1) is 24.7 Å². The van der Waals surface area contributed by atoms with E-state index in [2.05, 4.69) is 10.6 Å². The van der Waals surface area contributed by atoms with Gasteiger partial charge in [-0.05, 0) is 13.3 Å². The maximum atomic E-state index is 11.6. The zero-order valence-corrected chi connectivity index (χ0v) is 10.8. The summed E-state index contributed by atoms with van der Waals surface area (Å²) in [5.74, 6) is -0.0601. The van der Waals surface area contributed by atoms with E-state index in [0.717, 1.165) is 19.5 Å². The molecule has 0 radical (unpaired) electrons. The Labute approximate surface area is 103 Å². The lowest BCUT2D eigenvalue weighted by Gasteiger charge is -2.25. The summed E-state index contributed by atoms with van der Waals surface area (Å²) < 4.78 is 5.44. The second-order valence-electron chi connectivity index (χ2n) is 4.92. The quantitative estimate of drug-likeness (QED) is 0.616. The van der Waals surface area contributed by atoms with Gasteiger partial charge in [-0.3, -0.25) is 4.79 Å². The van der Waals surface area contributed by atoms with Crippen LogP contribution in [0, 0.1) is 0 Å². The van der Waals surface area contributed by atoms with Crippen LogP contribution in [0.2, 0.25) is 0 Å². The van der Waals surface area contributed by atoms with E-state index in [1.807, 2.05) is 6.92 Å². The van der Waals surface area contributed by atoms with Crippen molar-refractivity contribution in [1.29, 1.82) is 0 Å².